The number of hydrogen-bond acceptors (Lipinski definition) is 7. The maximum absolute atomic E-state index is 12.5. The summed E-state index contributed by atoms with van der Waals surface area (Å²) >= 11 is 15.8. The van der Waals surface area contributed by atoms with Crippen LogP contribution >= 0.6 is 34.8 Å². The molecule has 0 amide bonds. The lowest BCUT2D eigenvalue weighted by molar-refractivity contribution is 0.367. The molecule has 0 saturated carbocycles. The van der Waals surface area contributed by atoms with Crippen LogP contribution in [-0.2, 0) is 0 Å². The normalized spacial score (nSPS) is 9.54. The van der Waals surface area contributed by atoms with Gasteiger partial charge in [-0.1, -0.05) is 11.6 Å². The molecule has 0 spiro atoms. The van der Waals surface area contributed by atoms with Crippen molar-refractivity contribution < 1.29 is 17.9 Å². The van der Waals surface area contributed by atoms with Crippen molar-refractivity contribution in [3.8, 4) is 5.88 Å². The number of methoxy groups -OCH3 is 1. The lowest BCUT2D eigenvalue weighted by atomic mass is 10.6. The van der Waals surface area contributed by atoms with Crippen molar-refractivity contribution in [2.24, 2.45) is 0 Å². The Balaban J connectivity index is 0.000000210. The molecular formula is C13H8Cl3F3N6O3. The van der Waals surface area contributed by atoms with Gasteiger partial charge in [0.1, 0.15) is 0 Å². The molecule has 0 fully saturated rings. The number of nitrogens with zero attached hydrogens (tertiary/aromatic N) is 4. The van der Waals surface area contributed by atoms with E-state index >= 15 is 0 Å². The van der Waals surface area contributed by atoms with Crippen molar-refractivity contribution >= 4 is 34.8 Å². The Hall–Kier alpha value is -2.70. The molecule has 3 rings (SSSR count). The van der Waals surface area contributed by atoms with E-state index in [1.807, 2.05) is 4.98 Å². The van der Waals surface area contributed by atoms with Crippen molar-refractivity contribution in [1.29, 1.82) is 0 Å². The van der Waals surface area contributed by atoms with E-state index in [-0.39, 0.29) is 21.6 Å². The number of rotatable bonds is 1. The highest BCUT2D eigenvalue weighted by Gasteiger charge is 2.03. The predicted molar refractivity (Wildman–Crippen MR) is 93.2 cm³/mol. The number of halogens is 6. The SMILES string of the molecule is COc1nc(Cl)ncc1F.Fc1cnc(Cl)nc1Cl.O=c1[nH]cc(F)c(=O)[nH]1. The lowest BCUT2D eigenvalue weighted by Gasteiger charge is -1.97. The Bertz CT molecular complexity index is 1050. The van der Waals surface area contributed by atoms with Gasteiger partial charge in [-0.2, -0.15) is 13.8 Å². The second kappa shape index (κ2) is 11.2. The van der Waals surface area contributed by atoms with Crippen molar-refractivity contribution in [3.05, 3.63) is 72.6 Å². The highest BCUT2D eigenvalue weighted by molar-refractivity contribution is 6.31. The van der Waals surface area contributed by atoms with E-state index < -0.39 is 28.7 Å². The summed E-state index contributed by atoms with van der Waals surface area (Å²) in [5.41, 5.74) is -1.71. The standard InChI is InChI=1S/C5H4ClFN2O.C4HCl2FN2.C4H3FN2O2/c1-10-4-3(7)2-8-5(6)9-4;5-3-2(7)1-8-4(6)9-3;5-2-1-6-4(9)7-3(2)8/h2H,1H3;1H;1H,(H2,6,7,8,9). The number of ether oxygens (including phenoxy) is 1. The maximum atomic E-state index is 12.5. The Morgan fingerprint density at radius 1 is 0.929 bits per heavy atom. The van der Waals surface area contributed by atoms with Gasteiger partial charge in [0, 0.05) is 6.20 Å². The zero-order valence-corrected chi connectivity index (χ0v) is 15.8. The summed E-state index contributed by atoms with van der Waals surface area (Å²) in [5.74, 6) is -2.41. The molecule has 0 unspecified atom stereocenters. The number of aromatic amines is 2. The van der Waals surface area contributed by atoms with Gasteiger partial charge in [-0.15, -0.1) is 0 Å². The van der Waals surface area contributed by atoms with Gasteiger partial charge < -0.3 is 9.72 Å². The van der Waals surface area contributed by atoms with Crippen LogP contribution in [0.1, 0.15) is 0 Å². The first-order valence-corrected chi connectivity index (χ1v) is 7.80. The summed E-state index contributed by atoms with van der Waals surface area (Å²) in [4.78, 5) is 37.5. The summed E-state index contributed by atoms with van der Waals surface area (Å²) in [6.45, 7) is 0. The molecule has 9 nitrogen and oxygen atoms in total. The molecule has 15 heteroatoms. The number of hydrogen-bond donors (Lipinski definition) is 2. The lowest BCUT2D eigenvalue weighted by Crippen LogP contribution is -2.23. The van der Waals surface area contributed by atoms with Gasteiger partial charge in [0.2, 0.25) is 22.2 Å². The second-order valence-electron chi connectivity index (χ2n) is 4.19. The fourth-order valence-electron chi connectivity index (χ4n) is 1.19. The molecule has 0 aliphatic heterocycles. The van der Waals surface area contributed by atoms with Crippen LogP contribution in [0.4, 0.5) is 13.2 Å². The molecule has 28 heavy (non-hydrogen) atoms. The van der Waals surface area contributed by atoms with E-state index in [1.165, 1.54) is 7.11 Å². The van der Waals surface area contributed by atoms with E-state index in [2.05, 4.69) is 24.7 Å². The molecule has 0 aliphatic carbocycles. The van der Waals surface area contributed by atoms with Crippen LogP contribution in [0.15, 0.2) is 28.2 Å². The number of aromatic nitrogens is 6. The van der Waals surface area contributed by atoms with Gasteiger partial charge in [-0.05, 0) is 23.2 Å². The number of H-pyrrole nitrogens is 2. The minimum atomic E-state index is -1.00. The van der Waals surface area contributed by atoms with E-state index in [0.29, 0.717) is 6.20 Å². The van der Waals surface area contributed by atoms with Crippen LogP contribution in [-0.4, -0.2) is 37.0 Å². The average molecular weight is 460 g/mol. The third-order valence-corrected chi connectivity index (χ3v) is 2.95. The monoisotopic (exact) mass is 458 g/mol. The third kappa shape index (κ3) is 7.90. The molecule has 0 radical (unpaired) electrons. The largest absolute Gasteiger partial charge is 0.479 e. The Kier molecular flexibility index (Phi) is 9.35. The van der Waals surface area contributed by atoms with E-state index in [9.17, 15) is 22.8 Å². The summed E-state index contributed by atoms with van der Waals surface area (Å²) in [6, 6.07) is 0. The summed E-state index contributed by atoms with van der Waals surface area (Å²) < 4.78 is 41.1. The van der Waals surface area contributed by atoms with Crippen LogP contribution in [0.3, 0.4) is 0 Å². The van der Waals surface area contributed by atoms with Crippen LogP contribution in [0.5, 0.6) is 5.88 Å². The second-order valence-corrected chi connectivity index (χ2v) is 5.23. The minimum absolute atomic E-state index is 0.0294. The highest BCUT2D eigenvalue weighted by atomic mass is 35.5. The Morgan fingerprint density at radius 3 is 1.93 bits per heavy atom. The molecule has 0 aromatic carbocycles. The van der Waals surface area contributed by atoms with Gasteiger partial charge in [-0.3, -0.25) is 9.78 Å². The van der Waals surface area contributed by atoms with E-state index in [4.69, 9.17) is 34.8 Å². The highest BCUT2D eigenvalue weighted by Crippen LogP contribution is 2.13. The zero-order chi connectivity index (χ0) is 21.3. The predicted octanol–water partition coefficient (Wildman–Crippen LogP) is 2.40. The maximum Gasteiger partial charge on any atom is 0.325 e. The molecule has 0 aliphatic rings. The van der Waals surface area contributed by atoms with Crippen LogP contribution in [0, 0.1) is 17.5 Å². The Morgan fingerprint density at radius 2 is 1.50 bits per heavy atom. The zero-order valence-electron chi connectivity index (χ0n) is 13.5. The number of nitrogens with one attached hydrogen (secondary N) is 2. The quantitative estimate of drug-likeness (QED) is 0.423. The van der Waals surface area contributed by atoms with Gasteiger partial charge in [0.05, 0.1) is 19.5 Å². The van der Waals surface area contributed by atoms with Gasteiger partial charge in [0.25, 0.3) is 11.4 Å². The van der Waals surface area contributed by atoms with Crippen molar-refractivity contribution in [3.63, 3.8) is 0 Å². The molecular weight excluding hydrogens is 452 g/mol. The fraction of sp³-hybridized carbons (Fsp3) is 0.0769. The average Bonchev–Trinajstić information content (AvgIpc) is 2.65. The topological polar surface area (TPSA) is 127 Å². The van der Waals surface area contributed by atoms with E-state index in [0.717, 1.165) is 12.4 Å². The van der Waals surface area contributed by atoms with Gasteiger partial charge >= 0.3 is 5.69 Å². The summed E-state index contributed by atoms with van der Waals surface area (Å²) in [7, 11) is 1.31. The molecule has 2 N–H and O–H groups in total. The first kappa shape index (κ1) is 23.3. The first-order chi connectivity index (χ1) is 13.1. The Labute approximate surface area is 168 Å². The van der Waals surface area contributed by atoms with Crippen LogP contribution in [0.25, 0.3) is 0 Å². The molecule has 150 valence electrons. The van der Waals surface area contributed by atoms with Gasteiger partial charge in [0.15, 0.2) is 11.0 Å². The van der Waals surface area contributed by atoms with E-state index in [1.54, 1.807) is 4.98 Å². The van der Waals surface area contributed by atoms with Crippen LogP contribution < -0.4 is 16.0 Å². The molecule has 0 bridgehead atoms. The summed E-state index contributed by atoms with van der Waals surface area (Å²) in [6.07, 6.45) is 2.58. The molecule has 3 aromatic rings. The third-order valence-electron chi connectivity index (χ3n) is 2.32. The molecule has 0 saturated heterocycles. The van der Waals surface area contributed by atoms with Gasteiger partial charge in [-0.25, -0.2) is 24.1 Å². The first-order valence-electron chi connectivity index (χ1n) is 6.67. The van der Waals surface area contributed by atoms with Crippen molar-refractivity contribution in [1.82, 2.24) is 29.9 Å². The molecule has 0 atom stereocenters. The smallest absolute Gasteiger partial charge is 0.325 e. The molecule has 3 aromatic heterocycles. The molecule has 3 heterocycles. The van der Waals surface area contributed by atoms with Crippen molar-refractivity contribution in [2.75, 3.05) is 7.11 Å². The summed E-state index contributed by atoms with van der Waals surface area (Å²) in [5, 5.41) is -0.338. The fourth-order valence-corrected chi connectivity index (χ4v) is 1.63. The minimum Gasteiger partial charge on any atom is -0.479 e. The van der Waals surface area contributed by atoms with Crippen molar-refractivity contribution in [2.45, 2.75) is 0 Å². The van der Waals surface area contributed by atoms with Crippen LogP contribution in [0.2, 0.25) is 15.7 Å².